The van der Waals surface area contributed by atoms with Gasteiger partial charge in [0.2, 0.25) is 0 Å². The number of nitrogens with zero attached hydrogens (tertiary/aromatic N) is 4. The predicted molar refractivity (Wildman–Crippen MR) is 52.7 cm³/mol. The Labute approximate surface area is 89.2 Å². The van der Waals surface area contributed by atoms with Gasteiger partial charge in [-0.15, -0.1) is 0 Å². The van der Waals surface area contributed by atoms with Crippen LogP contribution in [0.3, 0.4) is 0 Å². The first kappa shape index (κ1) is 11.5. The molecule has 0 heterocycles. The number of non-ortho nitro benzene ring substituents is 1. The first-order chi connectivity index (χ1) is 7.63. The molecule has 0 aliphatic carbocycles. The average molecular weight is 222 g/mol. The topological polar surface area (TPSA) is 118 Å². The van der Waals surface area contributed by atoms with E-state index in [2.05, 4.69) is 10.0 Å². The van der Waals surface area contributed by atoms with Crippen LogP contribution < -0.4 is 4.74 Å². The lowest BCUT2D eigenvalue weighted by atomic mass is 10.3. The lowest BCUT2D eigenvalue weighted by Crippen LogP contribution is -2.10. The van der Waals surface area contributed by atoms with E-state index in [9.17, 15) is 14.9 Å². The summed E-state index contributed by atoms with van der Waals surface area (Å²) in [6.07, 6.45) is 0. The highest BCUT2D eigenvalue weighted by Gasteiger charge is 2.07. The molecule has 0 amide bonds. The number of nitro groups is 1. The first-order valence-corrected chi connectivity index (χ1v) is 4.09. The number of hydrogen-bond donors (Lipinski definition) is 0. The summed E-state index contributed by atoms with van der Waals surface area (Å²) in [7, 11) is 0. The van der Waals surface area contributed by atoms with Crippen LogP contribution in [0.2, 0.25) is 0 Å². The van der Waals surface area contributed by atoms with Crippen LogP contribution in [0, 0.1) is 10.1 Å². The van der Waals surface area contributed by atoms with Crippen molar-refractivity contribution in [2.24, 2.45) is 5.11 Å². The van der Waals surface area contributed by atoms with E-state index >= 15 is 0 Å². The Hall–Kier alpha value is -2.60. The monoisotopic (exact) mass is 222 g/mol. The van der Waals surface area contributed by atoms with E-state index in [0.29, 0.717) is 0 Å². The molecule has 82 valence electrons. The van der Waals surface area contributed by atoms with Crippen molar-refractivity contribution in [1.29, 1.82) is 0 Å². The maximum Gasteiger partial charge on any atom is 0.317 e. The second kappa shape index (κ2) is 5.32. The van der Waals surface area contributed by atoms with Gasteiger partial charge in [0.05, 0.1) is 4.92 Å². The molecule has 8 nitrogen and oxygen atoms in total. The van der Waals surface area contributed by atoms with E-state index in [1.54, 1.807) is 0 Å². The van der Waals surface area contributed by atoms with Gasteiger partial charge in [-0.2, -0.15) is 0 Å². The summed E-state index contributed by atoms with van der Waals surface area (Å²) in [5, 5.41) is 13.3. The molecular weight excluding hydrogens is 216 g/mol. The van der Waals surface area contributed by atoms with E-state index < -0.39 is 17.4 Å². The zero-order valence-electron chi connectivity index (χ0n) is 7.94. The van der Waals surface area contributed by atoms with Crippen LogP contribution in [-0.2, 0) is 4.79 Å². The van der Waals surface area contributed by atoms with Gasteiger partial charge in [-0.25, -0.2) is 0 Å². The molecule has 0 saturated carbocycles. The Morgan fingerprint density at radius 3 is 2.62 bits per heavy atom. The van der Waals surface area contributed by atoms with Gasteiger partial charge >= 0.3 is 5.97 Å². The van der Waals surface area contributed by atoms with Gasteiger partial charge in [0.15, 0.2) is 0 Å². The van der Waals surface area contributed by atoms with E-state index in [0.717, 1.165) is 0 Å². The van der Waals surface area contributed by atoms with Crippen molar-refractivity contribution in [3.8, 4) is 5.75 Å². The highest BCUT2D eigenvalue weighted by atomic mass is 16.6. The second-order valence-electron chi connectivity index (χ2n) is 2.61. The van der Waals surface area contributed by atoms with Crippen molar-refractivity contribution in [3.05, 3.63) is 44.8 Å². The van der Waals surface area contributed by atoms with Gasteiger partial charge in [0.25, 0.3) is 5.69 Å². The minimum atomic E-state index is -0.730. The third-order valence-electron chi connectivity index (χ3n) is 1.54. The SMILES string of the molecule is [N-]=[N+]=NCC(=O)Oc1ccc([N+](=O)[O-])cc1. The molecule has 1 rings (SSSR count). The van der Waals surface area contributed by atoms with Crippen LogP contribution in [0.15, 0.2) is 29.4 Å². The number of ether oxygens (including phenoxy) is 1. The number of carbonyl (C=O) groups is 1. The maximum absolute atomic E-state index is 11.0. The van der Waals surface area contributed by atoms with E-state index in [4.69, 9.17) is 10.3 Å². The molecule has 0 saturated heterocycles. The van der Waals surface area contributed by atoms with Gasteiger partial charge in [0, 0.05) is 17.0 Å². The number of benzene rings is 1. The summed E-state index contributed by atoms with van der Waals surface area (Å²) in [5.74, 6) is -0.574. The van der Waals surface area contributed by atoms with Crippen molar-refractivity contribution >= 4 is 11.7 Å². The Bertz CT molecular complexity index is 450. The zero-order valence-corrected chi connectivity index (χ0v) is 7.94. The predicted octanol–water partition coefficient (Wildman–Crippen LogP) is 1.81. The minimum Gasteiger partial charge on any atom is -0.426 e. The van der Waals surface area contributed by atoms with Crippen LogP contribution in [-0.4, -0.2) is 17.4 Å². The quantitative estimate of drug-likeness (QED) is 0.147. The fourth-order valence-corrected chi connectivity index (χ4v) is 0.889. The Morgan fingerprint density at radius 1 is 1.50 bits per heavy atom. The molecule has 0 bridgehead atoms. The van der Waals surface area contributed by atoms with Crippen LogP contribution >= 0.6 is 0 Å². The molecule has 8 heteroatoms. The Balaban J connectivity index is 2.65. The summed E-state index contributed by atoms with van der Waals surface area (Å²) in [5.41, 5.74) is 7.85. The Morgan fingerprint density at radius 2 is 2.12 bits per heavy atom. The molecule has 0 spiro atoms. The van der Waals surface area contributed by atoms with Gasteiger partial charge in [-0.1, -0.05) is 5.11 Å². The molecule has 0 N–H and O–H groups in total. The molecule has 1 aromatic rings. The fraction of sp³-hybridized carbons (Fsp3) is 0.125. The number of nitro benzene ring substituents is 1. The summed E-state index contributed by atoms with van der Waals surface area (Å²) in [6.45, 7) is -0.423. The largest absolute Gasteiger partial charge is 0.426 e. The standard InChI is InChI=1S/C8H6N4O4/c9-11-10-5-8(13)16-7-3-1-6(2-4-7)12(14)15/h1-4H,5H2. The molecule has 0 fully saturated rings. The van der Waals surface area contributed by atoms with E-state index in [1.165, 1.54) is 24.3 Å². The molecule has 16 heavy (non-hydrogen) atoms. The van der Waals surface area contributed by atoms with Crippen LogP contribution in [0.4, 0.5) is 5.69 Å². The van der Waals surface area contributed by atoms with Crippen molar-refractivity contribution in [1.82, 2.24) is 0 Å². The minimum absolute atomic E-state index is 0.102. The van der Waals surface area contributed by atoms with Crippen molar-refractivity contribution in [2.75, 3.05) is 6.54 Å². The van der Waals surface area contributed by atoms with Crippen LogP contribution in [0.5, 0.6) is 5.75 Å². The zero-order chi connectivity index (χ0) is 12.0. The first-order valence-electron chi connectivity index (χ1n) is 4.09. The fourth-order valence-electron chi connectivity index (χ4n) is 0.889. The third-order valence-corrected chi connectivity index (χ3v) is 1.54. The molecule has 0 aromatic heterocycles. The van der Waals surface area contributed by atoms with Gasteiger partial charge in [-0.3, -0.25) is 14.9 Å². The van der Waals surface area contributed by atoms with Gasteiger partial charge in [0.1, 0.15) is 12.3 Å². The number of carbonyl (C=O) groups excluding carboxylic acids is 1. The number of esters is 1. The van der Waals surface area contributed by atoms with Crippen LogP contribution in [0.1, 0.15) is 0 Å². The van der Waals surface area contributed by atoms with Gasteiger partial charge < -0.3 is 4.74 Å². The molecule has 0 unspecified atom stereocenters. The molecular formula is C8H6N4O4. The average Bonchev–Trinajstić information content (AvgIpc) is 2.27. The summed E-state index contributed by atoms with van der Waals surface area (Å²) < 4.78 is 4.72. The lowest BCUT2D eigenvalue weighted by molar-refractivity contribution is -0.384. The van der Waals surface area contributed by atoms with E-state index in [1.807, 2.05) is 0 Å². The smallest absolute Gasteiger partial charge is 0.317 e. The summed E-state index contributed by atoms with van der Waals surface area (Å²) in [4.78, 5) is 23.1. The highest BCUT2D eigenvalue weighted by Crippen LogP contribution is 2.17. The van der Waals surface area contributed by atoms with Crippen LogP contribution in [0.25, 0.3) is 10.4 Å². The van der Waals surface area contributed by atoms with Crippen molar-refractivity contribution in [3.63, 3.8) is 0 Å². The van der Waals surface area contributed by atoms with Crippen molar-refractivity contribution in [2.45, 2.75) is 0 Å². The van der Waals surface area contributed by atoms with E-state index in [-0.39, 0.29) is 11.4 Å². The summed E-state index contributed by atoms with van der Waals surface area (Å²) >= 11 is 0. The molecule has 0 radical (unpaired) electrons. The summed E-state index contributed by atoms with van der Waals surface area (Å²) in [6, 6.07) is 4.98. The normalized spacial score (nSPS) is 9.00. The third kappa shape index (κ3) is 3.28. The molecule has 0 aliphatic heterocycles. The second-order valence-corrected chi connectivity index (χ2v) is 2.61. The maximum atomic E-state index is 11.0. The Kier molecular flexibility index (Phi) is 3.82. The van der Waals surface area contributed by atoms with Gasteiger partial charge in [-0.05, 0) is 17.7 Å². The number of rotatable bonds is 4. The lowest BCUT2D eigenvalue weighted by Gasteiger charge is -2.00. The molecule has 0 aliphatic rings. The highest BCUT2D eigenvalue weighted by molar-refractivity contribution is 5.74. The van der Waals surface area contributed by atoms with Crippen molar-refractivity contribution < 1.29 is 14.5 Å². The number of hydrogen-bond acceptors (Lipinski definition) is 5. The number of azide groups is 1. The molecule has 1 aromatic carbocycles. The molecule has 0 atom stereocenters.